The zero-order valence-corrected chi connectivity index (χ0v) is 14.9. The minimum atomic E-state index is -4.46. The zero-order valence-electron chi connectivity index (χ0n) is 14.1. The van der Waals surface area contributed by atoms with Gasteiger partial charge in [-0.25, -0.2) is 4.98 Å². The van der Waals surface area contributed by atoms with Crippen molar-refractivity contribution < 1.29 is 22.7 Å². The number of rotatable bonds is 4. The molecule has 1 aromatic carbocycles. The average molecular weight is 400 g/mol. The van der Waals surface area contributed by atoms with Gasteiger partial charge >= 0.3 is 6.18 Å². The smallest absolute Gasteiger partial charge is 0.381 e. The second-order valence-corrected chi connectivity index (χ2v) is 6.53. The number of aromatic nitrogens is 1. The topological polar surface area (TPSA) is 63.2 Å². The van der Waals surface area contributed by atoms with Crippen LogP contribution in [0.15, 0.2) is 36.5 Å². The van der Waals surface area contributed by atoms with E-state index in [1.54, 1.807) is 12.1 Å². The summed E-state index contributed by atoms with van der Waals surface area (Å²) in [5.41, 5.74) is -0.240. The first kappa shape index (κ1) is 19.4. The van der Waals surface area contributed by atoms with Gasteiger partial charge in [-0.2, -0.15) is 13.2 Å². The van der Waals surface area contributed by atoms with Crippen LogP contribution >= 0.6 is 11.6 Å². The molecule has 1 saturated heterocycles. The van der Waals surface area contributed by atoms with Crippen LogP contribution in [0.4, 0.5) is 30.4 Å². The number of pyridine rings is 1. The Kier molecular flexibility index (Phi) is 5.86. The molecule has 0 unspecified atom stereocenters. The van der Waals surface area contributed by atoms with Crippen molar-refractivity contribution in [2.75, 3.05) is 23.8 Å². The monoisotopic (exact) mass is 399 g/mol. The summed E-state index contributed by atoms with van der Waals surface area (Å²) >= 11 is 5.96. The summed E-state index contributed by atoms with van der Waals surface area (Å²) in [7, 11) is 0. The lowest BCUT2D eigenvalue weighted by Gasteiger charge is -2.21. The van der Waals surface area contributed by atoms with Crippen molar-refractivity contribution in [2.45, 2.75) is 19.0 Å². The van der Waals surface area contributed by atoms with E-state index >= 15 is 0 Å². The first-order chi connectivity index (χ1) is 12.8. The third-order valence-electron chi connectivity index (χ3n) is 4.18. The molecule has 0 bridgehead atoms. The van der Waals surface area contributed by atoms with E-state index in [2.05, 4.69) is 15.6 Å². The zero-order chi connectivity index (χ0) is 19.4. The van der Waals surface area contributed by atoms with E-state index in [4.69, 9.17) is 16.3 Å². The van der Waals surface area contributed by atoms with E-state index in [-0.39, 0.29) is 22.5 Å². The van der Waals surface area contributed by atoms with Crippen LogP contribution in [-0.2, 0) is 15.7 Å². The molecule has 1 aliphatic heterocycles. The van der Waals surface area contributed by atoms with E-state index in [0.29, 0.717) is 37.6 Å². The van der Waals surface area contributed by atoms with Gasteiger partial charge in [0.1, 0.15) is 5.82 Å². The number of nitrogens with zero attached hydrogens (tertiary/aromatic N) is 1. The van der Waals surface area contributed by atoms with Gasteiger partial charge in [-0.1, -0.05) is 11.6 Å². The van der Waals surface area contributed by atoms with Crippen LogP contribution in [0.1, 0.15) is 18.4 Å². The van der Waals surface area contributed by atoms with Gasteiger partial charge in [0.05, 0.1) is 28.2 Å². The molecule has 3 rings (SSSR count). The van der Waals surface area contributed by atoms with Crippen molar-refractivity contribution in [1.29, 1.82) is 0 Å². The quantitative estimate of drug-likeness (QED) is 0.770. The number of carbonyl (C=O) groups is 1. The number of amides is 1. The van der Waals surface area contributed by atoms with Crippen molar-refractivity contribution in [3.8, 4) is 0 Å². The Bertz CT molecular complexity index is 806. The van der Waals surface area contributed by atoms with Gasteiger partial charge in [-0.3, -0.25) is 4.79 Å². The molecule has 1 aromatic heterocycles. The van der Waals surface area contributed by atoms with Crippen LogP contribution in [-0.4, -0.2) is 24.1 Å². The van der Waals surface area contributed by atoms with E-state index in [9.17, 15) is 18.0 Å². The maximum absolute atomic E-state index is 12.8. The molecule has 9 heteroatoms. The number of halogens is 4. The molecule has 144 valence electrons. The fourth-order valence-corrected chi connectivity index (χ4v) is 2.85. The maximum atomic E-state index is 12.8. The summed E-state index contributed by atoms with van der Waals surface area (Å²) in [6.45, 7) is 1.12. The Balaban J connectivity index is 1.66. The summed E-state index contributed by atoms with van der Waals surface area (Å²) < 4.78 is 43.7. The maximum Gasteiger partial charge on any atom is 0.416 e. The highest BCUT2D eigenvalue weighted by atomic mass is 35.5. The number of hydrogen-bond donors (Lipinski definition) is 2. The van der Waals surface area contributed by atoms with Gasteiger partial charge in [0.2, 0.25) is 5.91 Å². The van der Waals surface area contributed by atoms with Crippen LogP contribution in [0.2, 0.25) is 5.02 Å². The van der Waals surface area contributed by atoms with Gasteiger partial charge in [-0.05, 0) is 43.2 Å². The fraction of sp³-hybridized carbons (Fsp3) is 0.333. The molecule has 1 aliphatic rings. The number of benzene rings is 1. The van der Waals surface area contributed by atoms with E-state index in [1.807, 2.05) is 0 Å². The van der Waals surface area contributed by atoms with Crippen LogP contribution < -0.4 is 10.6 Å². The molecular formula is C18H17ClF3N3O2. The number of carbonyl (C=O) groups excluding carboxylic acids is 1. The van der Waals surface area contributed by atoms with Crippen molar-refractivity contribution in [1.82, 2.24) is 4.98 Å². The van der Waals surface area contributed by atoms with E-state index in [1.165, 1.54) is 12.3 Å². The van der Waals surface area contributed by atoms with Gasteiger partial charge in [-0.15, -0.1) is 0 Å². The third kappa shape index (κ3) is 5.11. The number of anilines is 3. The summed E-state index contributed by atoms with van der Waals surface area (Å²) in [5.74, 6) is 0.141. The normalized spacial score (nSPS) is 15.4. The third-order valence-corrected chi connectivity index (χ3v) is 4.51. The Hall–Kier alpha value is -2.32. The lowest BCUT2D eigenvalue weighted by Crippen LogP contribution is -2.28. The molecule has 0 saturated carbocycles. The SMILES string of the molecule is O=C(Nc1ccc(Nc2cc(C(F)(F)F)ccc2Cl)cn1)C1CCOCC1. The molecule has 2 N–H and O–H groups in total. The highest BCUT2D eigenvalue weighted by molar-refractivity contribution is 6.33. The minimum Gasteiger partial charge on any atom is -0.381 e. The number of ether oxygens (including phenoxy) is 1. The van der Waals surface area contributed by atoms with Crippen LogP contribution in [0, 0.1) is 5.92 Å². The highest BCUT2D eigenvalue weighted by Gasteiger charge is 2.31. The van der Waals surface area contributed by atoms with Crippen LogP contribution in [0.5, 0.6) is 0 Å². The number of alkyl halides is 3. The molecule has 2 heterocycles. The average Bonchev–Trinajstić information content (AvgIpc) is 2.65. The van der Waals surface area contributed by atoms with Crippen LogP contribution in [0.25, 0.3) is 0 Å². The first-order valence-corrected chi connectivity index (χ1v) is 8.69. The second kappa shape index (κ2) is 8.14. The van der Waals surface area contributed by atoms with Gasteiger partial charge in [0, 0.05) is 19.1 Å². The second-order valence-electron chi connectivity index (χ2n) is 6.13. The summed E-state index contributed by atoms with van der Waals surface area (Å²) in [4.78, 5) is 16.3. The molecule has 0 spiro atoms. The molecule has 5 nitrogen and oxygen atoms in total. The Morgan fingerprint density at radius 2 is 1.93 bits per heavy atom. The van der Waals surface area contributed by atoms with Gasteiger partial charge in [0.15, 0.2) is 0 Å². The van der Waals surface area contributed by atoms with Gasteiger partial charge in [0.25, 0.3) is 0 Å². The summed E-state index contributed by atoms with van der Waals surface area (Å²) in [5, 5.41) is 5.69. The largest absolute Gasteiger partial charge is 0.416 e. The molecule has 27 heavy (non-hydrogen) atoms. The summed E-state index contributed by atoms with van der Waals surface area (Å²) in [6.07, 6.45) is -1.72. The summed E-state index contributed by atoms with van der Waals surface area (Å²) in [6, 6.07) is 6.21. The van der Waals surface area contributed by atoms with Crippen molar-refractivity contribution >= 4 is 34.7 Å². The number of nitrogens with one attached hydrogen (secondary N) is 2. The van der Waals surface area contributed by atoms with E-state index in [0.717, 1.165) is 12.1 Å². The molecule has 0 radical (unpaired) electrons. The van der Waals surface area contributed by atoms with Crippen molar-refractivity contribution in [2.24, 2.45) is 5.92 Å². The predicted octanol–water partition coefficient (Wildman–Crippen LogP) is 4.86. The lowest BCUT2D eigenvalue weighted by molar-refractivity contribution is -0.137. The first-order valence-electron chi connectivity index (χ1n) is 8.31. The van der Waals surface area contributed by atoms with E-state index < -0.39 is 11.7 Å². The highest BCUT2D eigenvalue weighted by Crippen LogP contribution is 2.35. The molecule has 1 amide bonds. The Morgan fingerprint density at radius 1 is 1.19 bits per heavy atom. The lowest BCUT2D eigenvalue weighted by atomic mass is 9.99. The Morgan fingerprint density at radius 3 is 2.56 bits per heavy atom. The molecule has 0 aliphatic carbocycles. The standard InChI is InChI=1S/C18H17ClF3N3O2/c19-14-3-1-12(18(20,21)22)9-15(14)24-13-2-4-16(23-10-13)25-17(26)11-5-7-27-8-6-11/h1-4,9-11,24H,5-8H2,(H,23,25,26). The molecule has 0 atom stereocenters. The molecular weight excluding hydrogens is 383 g/mol. The molecule has 1 fully saturated rings. The van der Waals surface area contributed by atoms with Gasteiger partial charge < -0.3 is 15.4 Å². The fourth-order valence-electron chi connectivity index (χ4n) is 2.68. The minimum absolute atomic E-state index is 0.109. The Labute approximate surface area is 158 Å². The van der Waals surface area contributed by atoms with Crippen molar-refractivity contribution in [3.63, 3.8) is 0 Å². The number of hydrogen-bond acceptors (Lipinski definition) is 4. The van der Waals surface area contributed by atoms with Crippen LogP contribution in [0.3, 0.4) is 0 Å². The van der Waals surface area contributed by atoms with Crippen molar-refractivity contribution in [3.05, 3.63) is 47.1 Å². The molecule has 2 aromatic rings. The predicted molar refractivity (Wildman–Crippen MR) is 96.1 cm³/mol.